The Bertz CT molecular complexity index is 744. The van der Waals surface area contributed by atoms with Crippen molar-refractivity contribution in [2.45, 2.75) is 129 Å². The fourth-order valence-corrected chi connectivity index (χ4v) is 6.96. The van der Waals surface area contributed by atoms with Gasteiger partial charge in [-0.25, -0.2) is 4.39 Å². The van der Waals surface area contributed by atoms with Crippen molar-refractivity contribution in [3.05, 3.63) is 28.8 Å². The fraction of sp³-hybridized carbons (Fsp3) is 0.800. The van der Waals surface area contributed by atoms with Crippen molar-refractivity contribution in [1.29, 1.82) is 0 Å². The van der Waals surface area contributed by atoms with Crippen LogP contribution in [0.3, 0.4) is 0 Å². The molecule has 1 unspecified atom stereocenters. The van der Waals surface area contributed by atoms with Crippen LogP contribution in [0.5, 0.6) is 5.75 Å². The number of hydrogen-bond donors (Lipinski definition) is 0. The van der Waals surface area contributed by atoms with Gasteiger partial charge in [-0.1, -0.05) is 58.8 Å². The summed E-state index contributed by atoms with van der Waals surface area (Å²) in [4.78, 5) is 0. The van der Waals surface area contributed by atoms with Gasteiger partial charge in [0.05, 0.1) is 6.10 Å². The van der Waals surface area contributed by atoms with Gasteiger partial charge in [0.1, 0.15) is 0 Å². The molecule has 0 spiro atoms. The van der Waals surface area contributed by atoms with Crippen molar-refractivity contribution in [3.63, 3.8) is 0 Å². The van der Waals surface area contributed by atoms with Gasteiger partial charge in [0.2, 0.25) is 5.82 Å². The first-order chi connectivity index (χ1) is 16.1. The highest BCUT2D eigenvalue weighted by Gasteiger charge is 2.31. The molecule has 1 heterocycles. The summed E-state index contributed by atoms with van der Waals surface area (Å²) in [6.45, 7) is 4.52. The lowest BCUT2D eigenvalue weighted by Crippen LogP contribution is -2.26. The maximum absolute atomic E-state index is 14.9. The fourth-order valence-electron chi connectivity index (χ4n) is 6.96. The third-order valence-electron chi connectivity index (χ3n) is 9.31. The Balaban J connectivity index is 1.26. The number of aryl methyl sites for hydroxylation is 2. The molecule has 2 fully saturated rings. The molecule has 0 amide bonds. The van der Waals surface area contributed by atoms with Gasteiger partial charge >= 0.3 is 0 Å². The zero-order valence-electron chi connectivity index (χ0n) is 21.1. The second-order valence-electron chi connectivity index (χ2n) is 11.4. The summed E-state index contributed by atoms with van der Waals surface area (Å²) in [7, 11) is 0. The number of ether oxygens (including phenoxy) is 1. The molecule has 2 aliphatic carbocycles. The molecule has 0 saturated heterocycles. The van der Waals surface area contributed by atoms with Gasteiger partial charge in [0.15, 0.2) is 11.6 Å². The molecule has 1 aliphatic heterocycles. The number of fused-ring (bicyclic) bond motifs is 1. The van der Waals surface area contributed by atoms with Gasteiger partial charge in [-0.3, -0.25) is 0 Å². The van der Waals surface area contributed by atoms with Crippen LogP contribution in [-0.2, 0) is 12.8 Å². The zero-order valence-corrected chi connectivity index (χ0v) is 21.1. The largest absolute Gasteiger partial charge is 0.487 e. The SMILES string of the molecule is CCCCCC1CCc2cc(CCC3CCC(C4CCC(CC)CC4)CC3)c(F)c(F)c2O1. The second-order valence-corrected chi connectivity index (χ2v) is 11.4. The zero-order chi connectivity index (χ0) is 23.2. The molecular formula is C30H46F2O. The highest BCUT2D eigenvalue weighted by molar-refractivity contribution is 5.41. The molecule has 1 atom stereocenters. The Morgan fingerprint density at radius 2 is 1.45 bits per heavy atom. The number of halogens is 2. The molecule has 4 rings (SSSR count). The average Bonchev–Trinajstić information content (AvgIpc) is 2.86. The quantitative estimate of drug-likeness (QED) is 0.334. The van der Waals surface area contributed by atoms with Gasteiger partial charge in [-0.15, -0.1) is 0 Å². The summed E-state index contributed by atoms with van der Waals surface area (Å²) in [5.74, 6) is 2.31. The molecule has 0 bridgehead atoms. The van der Waals surface area contributed by atoms with E-state index in [1.807, 2.05) is 6.07 Å². The number of benzene rings is 1. The minimum Gasteiger partial charge on any atom is -0.487 e. The molecule has 186 valence electrons. The van der Waals surface area contributed by atoms with Crippen LogP contribution >= 0.6 is 0 Å². The van der Waals surface area contributed by atoms with E-state index >= 15 is 0 Å². The van der Waals surface area contributed by atoms with Crippen molar-refractivity contribution in [2.24, 2.45) is 23.7 Å². The molecule has 1 nitrogen and oxygen atoms in total. The maximum atomic E-state index is 14.9. The second kappa shape index (κ2) is 12.0. The Morgan fingerprint density at radius 1 is 0.788 bits per heavy atom. The van der Waals surface area contributed by atoms with Crippen molar-refractivity contribution in [3.8, 4) is 5.75 Å². The highest BCUT2D eigenvalue weighted by atomic mass is 19.2. The smallest absolute Gasteiger partial charge is 0.201 e. The van der Waals surface area contributed by atoms with Crippen molar-refractivity contribution in [2.75, 3.05) is 0 Å². The Hall–Kier alpha value is -1.12. The van der Waals surface area contributed by atoms with E-state index < -0.39 is 11.6 Å². The normalized spacial score (nSPS) is 30.0. The van der Waals surface area contributed by atoms with Crippen LogP contribution in [0.15, 0.2) is 6.07 Å². The van der Waals surface area contributed by atoms with E-state index in [-0.39, 0.29) is 11.9 Å². The Labute approximate surface area is 201 Å². The predicted molar refractivity (Wildman–Crippen MR) is 133 cm³/mol. The van der Waals surface area contributed by atoms with Gasteiger partial charge in [-0.05, 0) is 105 Å². The van der Waals surface area contributed by atoms with E-state index in [0.717, 1.165) is 61.8 Å². The van der Waals surface area contributed by atoms with Crippen LogP contribution < -0.4 is 4.74 Å². The third kappa shape index (κ3) is 6.31. The number of unbranched alkanes of at least 4 members (excludes halogenated alkanes) is 2. The summed E-state index contributed by atoms with van der Waals surface area (Å²) < 4.78 is 35.7. The van der Waals surface area contributed by atoms with E-state index in [1.54, 1.807) is 0 Å². The van der Waals surface area contributed by atoms with Crippen LogP contribution in [0, 0.1) is 35.3 Å². The first-order valence-electron chi connectivity index (χ1n) is 14.2. The maximum Gasteiger partial charge on any atom is 0.201 e. The average molecular weight is 461 g/mol. The lowest BCUT2D eigenvalue weighted by Gasteiger charge is -2.37. The molecule has 0 radical (unpaired) electrons. The minimum absolute atomic E-state index is 0.0380. The molecule has 2 saturated carbocycles. The Morgan fingerprint density at radius 3 is 2.09 bits per heavy atom. The molecule has 0 aromatic heterocycles. The van der Waals surface area contributed by atoms with Crippen LogP contribution in [0.4, 0.5) is 8.78 Å². The van der Waals surface area contributed by atoms with Gasteiger partial charge in [0, 0.05) is 0 Å². The molecule has 1 aromatic carbocycles. The van der Waals surface area contributed by atoms with Crippen LogP contribution in [0.25, 0.3) is 0 Å². The summed E-state index contributed by atoms with van der Waals surface area (Å²) in [5, 5.41) is 0. The summed E-state index contributed by atoms with van der Waals surface area (Å²) in [6.07, 6.45) is 20.1. The van der Waals surface area contributed by atoms with Crippen LogP contribution in [0.2, 0.25) is 0 Å². The van der Waals surface area contributed by atoms with E-state index in [4.69, 9.17) is 4.74 Å². The third-order valence-corrected chi connectivity index (χ3v) is 9.31. The molecular weight excluding hydrogens is 414 g/mol. The van der Waals surface area contributed by atoms with Crippen molar-refractivity contribution < 1.29 is 13.5 Å². The van der Waals surface area contributed by atoms with E-state index in [0.29, 0.717) is 17.9 Å². The van der Waals surface area contributed by atoms with E-state index in [1.165, 1.54) is 64.2 Å². The Kier molecular flexibility index (Phi) is 9.11. The number of hydrogen-bond acceptors (Lipinski definition) is 1. The molecule has 33 heavy (non-hydrogen) atoms. The first kappa shape index (κ1) is 25.0. The summed E-state index contributed by atoms with van der Waals surface area (Å²) >= 11 is 0. The molecule has 3 heteroatoms. The van der Waals surface area contributed by atoms with E-state index in [2.05, 4.69) is 13.8 Å². The highest BCUT2D eigenvalue weighted by Crippen LogP contribution is 2.43. The first-order valence-corrected chi connectivity index (χ1v) is 14.2. The monoisotopic (exact) mass is 460 g/mol. The lowest BCUT2D eigenvalue weighted by molar-refractivity contribution is 0.142. The lowest BCUT2D eigenvalue weighted by atomic mass is 9.68. The summed E-state index contributed by atoms with van der Waals surface area (Å²) in [5.41, 5.74) is 1.45. The predicted octanol–water partition coefficient (Wildman–Crippen LogP) is 9.19. The van der Waals surface area contributed by atoms with Crippen molar-refractivity contribution >= 4 is 0 Å². The van der Waals surface area contributed by atoms with Crippen molar-refractivity contribution in [1.82, 2.24) is 0 Å². The van der Waals surface area contributed by atoms with Gasteiger partial charge < -0.3 is 4.74 Å². The molecule has 3 aliphatic rings. The molecule has 0 N–H and O–H groups in total. The molecule has 1 aromatic rings. The van der Waals surface area contributed by atoms with Gasteiger partial charge in [0.25, 0.3) is 0 Å². The van der Waals surface area contributed by atoms with Crippen LogP contribution in [-0.4, -0.2) is 6.10 Å². The minimum atomic E-state index is -0.742. The summed E-state index contributed by atoms with van der Waals surface area (Å²) in [6, 6.07) is 1.91. The van der Waals surface area contributed by atoms with Crippen LogP contribution in [0.1, 0.15) is 121 Å². The van der Waals surface area contributed by atoms with Gasteiger partial charge in [-0.2, -0.15) is 4.39 Å². The van der Waals surface area contributed by atoms with E-state index in [9.17, 15) is 8.78 Å². The number of rotatable bonds is 9. The standard InChI is InChI=1S/C30H46F2O/c1-3-5-6-7-27-19-18-26-20-25(28(31)29(32)30(26)33-27)17-12-22-10-15-24(16-11-22)23-13-8-21(4-2)9-14-23/h20-24,27H,3-19H2,1-2H3. The topological polar surface area (TPSA) is 9.23 Å².